The third kappa shape index (κ3) is 4.96. The second-order valence-corrected chi connectivity index (χ2v) is 6.68. The average Bonchev–Trinajstić information content (AvgIpc) is 2.49. The Hall–Kier alpha value is -0.610. The molecule has 4 heteroatoms. The van der Waals surface area contributed by atoms with Gasteiger partial charge in [0.25, 0.3) is 0 Å². The lowest BCUT2D eigenvalue weighted by molar-refractivity contribution is 0.112. The van der Waals surface area contributed by atoms with Gasteiger partial charge in [0, 0.05) is 39.3 Å². The first kappa shape index (κ1) is 16.8. The first-order chi connectivity index (χ1) is 10.1. The van der Waals surface area contributed by atoms with Crippen LogP contribution in [0.5, 0.6) is 0 Å². The van der Waals surface area contributed by atoms with E-state index in [2.05, 4.69) is 47.9 Å². The molecule has 0 spiro atoms. The number of aliphatic hydroxyl groups is 1. The summed E-state index contributed by atoms with van der Waals surface area (Å²) >= 11 is 6.57. The molecular formula is C17H27ClN2O. The molecule has 0 aromatic heterocycles. The molecule has 1 aromatic carbocycles. The molecule has 1 saturated heterocycles. The highest BCUT2D eigenvalue weighted by Gasteiger charge is 2.19. The van der Waals surface area contributed by atoms with Crippen molar-refractivity contribution in [3.05, 3.63) is 35.4 Å². The molecule has 0 bridgehead atoms. The van der Waals surface area contributed by atoms with E-state index in [0.29, 0.717) is 5.92 Å². The highest BCUT2D eigenvalue weighted by Crippen LogP contribution is 2.24. The summed E-state index contributed by atoms with van der Waals surface area (Å²) in [6.45, 7) is 10.5. The molecule has 1 N–H and O–H groups in total. The van der Waals surface area contributed by atoms with Gasteiger partial charge in [0.2, 0.25) is 0 Å². The molecule has 1 atom stereocenters. The number of aliphatic hydroxyl groups excluding tert-OH is 1. The van der Waals surface area contributed by atoms with Crippen LogP contribution in [-0.2, 0) is 0 Å². The Kier molecular flexibility index (Phi) is 6.49. The quantitative estimate of drug-likeness (QED) is 0.818. The third-order valence-corrected chi connectivity index (χ3v) is 4.65. The van der Waals surface area contributed by atoms with Gasteiger partial charge in [-0.05, 0) is 17.0 Å². The normalized spacial score (nSPS) is 19.1. The molecule has 1 aliphatic heterocycles. The molecule has 0 saturated carbocycles. The van der Waals surface area contributed by atoms with Gasteiger partial charge in [-0.2, -0.15) is 0 Å². The molecule has 0 aliphatic carbocycles. The van der Waals surface area contributed by atoms with Crippen molar-refractivity contribution in [1.82, 2.24) is 9.80 Å². The Morgan fingerprint density at radius 2 is 1.52 bits per heavy atom. The minimum Gasteiger partial charge on any atom is -0.395 e. The monoisotopic (exact) mass is 310 g/mol. The lowest BCUT2D eigenvalue weighted by atomic mass is 10.0. The molecule has 118 valence electrons. The smallest absolute Gasteiger partial charge is 0.0712 e. The SMILES string of the molecule is CC(C)c1ccc(C(Cl)CN2CCN(CCO)CC2)cc1. The van der Waals surface area contributed by atoms with E-state index in [1.54, 1.807) is 0 Å². The van der Waals surface area contributed by atoms with E-state index in [-0.39, 0.29) is 12.0 Å². The van der Waals surface area contributed by atoms with E-state index in [9.17, 15) is 0 Å². The molecule has 21 heavy (non-hydrogen) atoms. The summed E-state index contributed by atoms with van der Waals surface area (Å²) < 4.78 is 0. The van der Waals surface area contributed by atoms with Gasteiger partial charge < -0.3 is 5.11 Å². The fraction of sp³-hybridized carbons (Fsp3) is 0.647. The average molecular weight is 311 g/mol. The zero-order valence-corrected chi connectivity index (χ0v) is 13.9. The molecule has 0 amide bonds. The van der Waals surface area contributed by atoms with Crippen molar-refractivity contribution in [2.45, 2.75) is 25.1 Å². The number of halogens is 1. The van der Waals surface area contributed by atoms with E-state index in [1.165, 1.54) is 11.1 Å². The van der Waals surface area contributed by atoms with Crippen molar-refractivity contribution in [1.29, 1.82) is 0 Å². The van der Waals surface area contributed by atoms with Crippen LogP contribution in [-0.4, -0.2) is 60.8 Å². The topological polar surface area (TPSA) is 26.7 Å². The number of hydrogen-bond donors (Lipinski definition) is 1. The summed E-state index contributed by atoms with van der Waals surface area (Å²) in [6.07, 6.45) is 0. The van der Waals surface area contributed by atoms with E-state index in [1.807, 2.05) is 0 Å². The number of nitrogens with zero attached hydrogens (tertiary/aromatic N) is 2. The molecule has 1 aromatic rings. The van der Waals surface area contributed by atoms with Crippen LogP contribution < -0.4 is 0 Å². The van der Waals surface area contributed by atoms with E-state index in [0.717, 1.165) is 39.3 Å². The first-order valence-electron chi connectivity index (χ1n) is 7.89. The van der Waals surface area contributed by atoms with Crippen LogP contribution in [0.2, 0.25) is 0 Å². The fourth-order valence-corrected chi connectivity index (χ4v) is 3.10. The highest BCUT2D eigenvalue weighted by atomic mass is 35.5. The Morgan fingerprint density at radius 1 is 1.00 bits per heavy atom. The maximum absolute atomic E-state index is 8.96. The molecule has 1 heterocycles. The van der Waals surface area contributed by atoms with E-state index >= 15 is 0 Å². The molecule has 2 rings (SSSR count). The summed E-state index contributed by atoms with van der Waals surface area (Å²) in [7, 11) is 0. The lowest BCUT2D eigenvalue weighted by Gasteiger charge is -2.35. The largest absolute Gasteiger partial charge is 0.395 e. The highest BCUT2D eigenvalue weighted by molar-refractivity contribution is 6.21. The molecule has 0 radical (unpaired) electrons. The van der Waals surface area contributed by atoms with Gasteiger partial charge in [-0.3, -0.25) is 9.80 Å². The van der Waals surface area contributed by atoms with E-state index < -0.39 is 0 Å². The summed E-state index contributed by atoms with van der Waals surface area (Å²) in [5.41, 5.74) is 2.57. The second kappa shape index (κ2) is 8.14. The van der Waals surface area contributed by atoms with Crippen molar-refractivity contribution in [2.24, 2.45) is 0 Å². The predicted octanol–water partition coefficient (Wildman–Crippen LogP) is 2.70. The van der Waals surface area contributed by atoms with Crippen molar-refractivity contribution in [3.8, 4) is 0 Å². The van der Waals surface area contributed by atoms with Gasteiger partial charge in [0.15, 0.2) is 0 Å². The summed E-state index contributed by atoms with van der Waals surface area (Å²) in [4.78, 5) is 4.72. The number of piperazine rings is 1. The maximum atomic E-state index is 8.96. The maximum Gasteiger partial charge on any atom is 0.0712 e. The Morgan fingerprint density at radius 3 is 2.05 bits per heavy atom. The van der Waals surface area contributed by atoms with Gasteiger partial charge in [-0.1, -0.05) is 38.1 Å². The zero-order valence-electron chi connectivity index (χ0n) is 13.1. The Bertz CT molecular complexity index is 413. The molecule has 3 nitrogen and oxygen atoms in total. The number of alkyl halides is 1. The summed E-state index contributed by atoms with van der Waals surface area (Å²) in [5, 5.41) is 9.01. The van der Waals surface area contributed by atoms with Crippen LogP contribution in [0, 0.1) is 0 Å². The van der Waals surface area contributed by atoms with Crippen LogP contribution in [0.25, 0.3) is 0 Å². The standard InChI is InChI=1S/C17H27ClN2O/c1-14(2)15-3-5-16(6-4-15)17(18)13-20-9-7-19(8-10-20)11-12-21/h3-6,14,17,21H,7-13H2,1-2H3. The number of β-amino-alcohol motifs (C(OH)–C–C–N with tert-alkyl or cyclic N) is 1. The minimum absolute atomic E-state index is 0.0515. The molecule has 1 fully saturated rings. The van der Waals surface area contributed by atoms with Crippen LogP contribution in [0.3, 0.4) is 0 Å². The number of hydrogen-bond acceptors (Lipinski definition) is 3. The molecule has 1 aliphatic rings. The molecule has 1 unspecified atom stereocenters. The second-order valence-electron chi connectivity index (χ2n) is 6.15. The zero-order chi connectivity index (χ0) is 15.2. The molecular weight excluding hydrogens is 284 g/mol. The predicted molar refractivity (Wildman–Crippen MR) is 89.1 cm³/mol. The van der Waals surface area contributed by atoms with Crippen molar-refractivity contribution in [3.63, 3.8) is 0 Å². The number of rotatable bonds is 6. The fourth-order valence-electron chi connectivity index (χ4n) is 2.76. The van der Waals surface area contributed by atoms with E-state index in [4.69, 9.17) is 16.7 Å². The Labute approximate surface area is 133 Å². The third-order valence-electron chi connectivity index (χ3n) is 4.26. The van der Waals surface area contributed by atoms with Crippen molar-refractivity contribution in [2.75, 3.05) is 45.9 Å². The Balaban J connectivity index is 1.83. The number of benzene rings is 1. The summed E-state index contributed by atoms with van der Waals surface area (Å²) in [6, 6.07) is 8.70. The van der Waals surface area contributed by atoms with Gasteiger partial charge in [-0.25, -0.2) is 0 Å². The van der Waals surface area contributed by atoms with Crippen LogP contribution in [0.15, 0.2) is 24.3 Å². The minimum atomic E-state index is 0.0515. The van der Waals surface area contributed by atoms with Crippen LogP contribution >= 0.6 is 11.6 Å². The first-order valence-corrected chi connectivity index (χ1v) is 8.33. The van der Waals surface area contributed by atoms with Gasteiger partial charge in [0.05, 0.1) is 12.0 Å². The van der Waals surface area contributed by atoms with Gasteiger partial charge in [-0.15, -0.1) is 11.6 Å². The van der Waals surface area contributed by atoms with Crippen LogP contribution in [0.4, 0.5) is 0 Å². The van der Waals surface area contributed by atoms with Crippen molar-refractivity contribution >= 4 is 11.6 Å². The van der Waals surface area contributed by atoms with Crippen LogP contribution in [0.1, 0.15) is 36.3 Å². The summed E-state index contributed by atoms with van der Waals surface area (Å²) in [5.74, 6) is 0.562. The lowest BCUT2D eigenvalue weighted by Crippen LogP contribution is -2.47. The van der Waals surface area contributed by atoms with Gasteiger partial charge >= 0.3 is 0 Å². The van der Waals surface area contributed by atoms with Gasteiger partial charge in [0.1, 0.15) is 0 Å². The van der Waals surface area contributed by atoms with Crippen molar-refractivity contribution < 1.29 is 5.11 Å².